The zero-order valence-corrected chi connectivity index (χ0v) is 25.2. The zero-order valence-electron chi connectivity index (χ0n) is 25.2. The summed E-state index contributed by atoms with van der Waals surface area (Å²) in [6.45, 7) is 3.92. The van der Waals surface area contributed by atoms with E-state index in [4.69, 9.17) is 22.9 Å². The van der Waals surface area contributed by atoms with Crippen molar-refractivity contribution in [3.05, 3.63) is 71.4 Å². The number of nitrogens with one attached hydrogen (secondary N) is 3. The van der Waals surface area contributed by atoms with Crippen molar-refractivity contribution in [1.29, 1.82) is 0 Å². The number of carbonyl (C=O) groups is 4. The van der Waals surface area contributed by atoms with E-state index in [1.165, 1.54) is 12.1 Å². The summed E-state index contributed by atoms with van der Waals surface area (Å²) >= 11 is 0. The Morgan fingerprint density at radius 2 is 1.24 bits per heavy atom. The molecule has 4 rings (SSSR count). The predicted molar refractivity (Wildman–Crippen MR) is 170 cm³/mol. The van der Waals surface area contributed by atoms with Gasteiger partial charge in [0.05, 0.1) is 11.4 Å². The van der Waals surface area contributed by atoms with Crippen LogP contribution in [0.25, 0.3) is 10.9 Å². The van der Waals surface area contributed by atoms with Crippen LogP contribution in [-0.2, 0) is 14.1 Å². The fourth-order valence-electron chi connectivity index (χ4n) is 4.55. The van der Waals surface area contributed by atoms with Gasteiger partial charge in [0.25, 0.3) is 23.6 Å². The van der Waals surface area contributed by atoms with Crippen LogP contribution in [0.3, 0.4) is 0 Å². The molecule has 0 saturated carbocycles. The van der Waals surface area contributed by atoms with Gasteiger partial charge in [0.2, 0.25) is 11.9 Å². The van der Waals surface area contributed by atoms with E-state index >= 15 is 0 Å². The van der Waals surface area contributed by atoms with Crippen molar-refractivity contribution in [3.8, 4) is 0 Å². The van der Waals surface area contributed by atoms with Crippen LogP contribution in [0.15, 0.2) is 59.0 Å². The van der Waals surface area contributed by atoms with Gasteiger partial charge in [0.1, 0.15) is 17.1 Å². The summed E-state index contributed by atoms with van der Waals surface area (Å²) in [6, 6.07) is 9.55. The number of carbonyl (C=O) groups excluding carboxylic acids is 4. The number of fused-ring (bicyclic) bond motifs is 1. The number of aromatic nitrogens is 3. The van der Waals surface area contributed by atoms with E-state index in [1.807, 2.05) is 0 Å². The maximum atomic E-state index is 13.1. The van der Waals surface area contributed by atoms with Gasteiger partial charge in [-0.3, -0.25) is 19.2 Å². The standard InChI is InChI=1S/C28H35N13O4/c1-5-40(36-27(29)30)25(44)21-11-17(13-38(21)3)33-23(42)15-7-8-19-16(9-15)10-20(35-19)24(43)34-18-12-22(39(4)14-18)26(45)41(6-2)37-28(31)32/h7-14,35H,5-6H2,1-4H3,(H,33,42)(H,34,43)(H4,29,30,36)(H4,31,32,37). The third kappa shape index (κ3) is 7.04. The molecular formula is C28H35N13O4. The maximum absolute atomic E-state index is 13.1. The molecule has 0 fully saturated rings. The van der Waals surface area contributed by atoms with Crippen molar-refractivity contribution in [2.45, 2.75) is 13.8 Å². The summed E-state index contributed by atoms with van der Waals surface area (Å²) in [5, 5.41) is 16.0. The number of hydrazone groups is 2. The molecule has 4 amide bonds. The van der Waals surface area contributed by atoms with Crippen LogP contribution in [0.2, 0.25) is 0 Å². The van der Waals surface area contributed by atoms with Crippen molar-refractivity contribution >= 4 is 57.8 Å². The number of benzene rings is 1. The number of H-pyrrole nitrogens is 1. The van der Waals surface area contributed by atoms with Crippen LogP contribution in [0.1, 0.15) is 55.7 Å². The molecule has 3 heterocycles. The van der Waals surface area contributed by atoms with E-state index in [0.29, 0.717) is 27.8 Å². The van der Waals surface area contributed by atoms with Crippen molar-refractivity contribution < 1.29 is 19.2 Å². The van der Waals surface area contributed by atoms with E-state index in [0.717, 1.165) is 10.0 Å². The molecule has 11 N–H and O–H groups in total. The molecule has 45 heavy (non-hydrogen) atoms. The first-order chi connectivity index (χ1) is 21.3. The molecule has 0 atom stereocenters. The average molecular weight is 618 g/mol. The third-order valence-corrected chi connectivity index (χ3v) is 6.63. The number of aryl methyl sites for hydroxylation is 2. The second kappa shape index (κ2) is 12.9. The van der Waals surface area contributed by atoms with Crippen LogP contribution in [-0.4, -0.2) is 72.8 Å². The first-order valence-electron chi connectivity index (χ1n) is 13.7. The summed E-state index contributed by atoms with van der Waals surface area (Å²) in [7, 11) is 3.31. The first-order valence-corrected chi connectivity index (χ1v) is 13.7. The molecule has 1 aromatic carbocycles. The molecule has 0 radical (unpaired) electrons. The molecule has 4 aromatic rings. The van der Waals surface area contributed by atoms with E-state index in [9.17, 15) is 19.2 Å². The SMILES string of the molecule is CCN(N=C(N)N)C(=O)c1cc(NC(=O)c2ccc3[nH]c(C(=O)Nc4cc(C(=O)N(CC)N=C(N)N)n(C)c4)cc3c2)cn1C. The molecule has 17 heteroatoms. The smallest absolute Gasteiger partial charge is 0.290 e. The normalized spacial score (nSPS) is 10.7. The average Bonchev–Trinajstić information content (AvgIpc) is 3.69. The number of nitrogens with two attached hydrogens (primary N) is 4. The lowest BCUT2D eigenvalue weighted by Crippen LogP contribution is -2.33. The fraction of sp³-hybridized carbons (Fsp3) is 0.214. The molecule has 0 spiro atoms. The van der Waals surface area contributed by atoms with Crippen molar-refractivity contribution in [2.75, 3.05) is 23.7 Å². The lowest BCUT2D eigenvalue weighted by atomic mass is 10.1. The van der Waals surface area contributed by atoms with Crippen molar-refractivity contribution in [1.82, 2.24) is 24.1 Å². The molecular weight excluding hydrogens is 582 g/mol. The van der Waals surface area contributed by atoms with Gasteiger partial charge in [0, 0.05) is 56.0 Å². The van der Waals surface area contributed by atoms with Crippen LogP contribution < -0.4 is 33.6 Å². The van der Waals surface area contributed by atoms with Crippen LogP contribution >= 0.6 is 0 Å². The van der Waals surface area contributed by atoms with Gasteiger partial charge in [0.15, 0.2) is 0 Å². The second-order valence-corrected chi connectivity index (χ2v) is 9.93. The van der Waals surface area contributed by atoms with Gasteiger partial charge in [-0.25, -0.2) is 10.0 Å². The molecule has 236 valence electrons. The van der Waals surface area contributed by atoms with E-state index in [2.05, 4.69) is 25.8 Å². The Morgan fingerprint density at radius 1 is 0.756 bits per heavy atom. The highest BCUT2D eigenvalue weighted by molar-refractivity contribution is 6.09. The Kier molecular flexibility index (Phi) is 9.11. The molecule has 0 aliphatic rings. The van der Waals surface area contributed by atoms with Crippen LogP contribution in [0, 0.1) is 0 Å². The zero-order chi connectivity index (χ0) is 33.0. The number of aromatic amines is 1. The lowest BCUT2D eigenvalue weighted by molar-refractivity contribution is 0.0752. The van der Waals surface area contributed by atoms with Crippen LogP contribution in [0.5, 0.6) is 0 Å². The van der Waals surface area contributed by atoms with Crippen LogP contribution in [0.4, 0.5) is 11.4 Å². The summed E-state index contributed by atoms with van der Waals surface area (Å²) in [6.07, 6.45) is 3.18. The number of guanidine groups is 2. The van der Waals surface area contributed by atoms with Crippen molar-refractivity contribution in [3.63, 3.8) is 0 Å². The number of hydrogen-bond donors (Lipinski definition) is 7. The Labute approximate surface area is 257 Å². The Bertz CT molecular complexity index is 1740. The molecule has 0 unspecified atom stereocenters. The molecule has 0 bridgehead atoms. The Balaban J connectivity index is 1.47. The highest BCUT2D eigenvalue weighted by Gasteiger charge is 2.21. The Hall–Kier alpha value is -6.26. The summed E-state index contributed by atoms with van der Waals surface area (Å²) in [5.74, 6) is -2.27. The minimum atomic E-state index is -0.457. The monoisotopic (exact) mass is 617 g/mol. The first kappa shape index (κ1) is 31.7. The quantitative estimate of drug-likeness (QED) is 0.0753. The maximum Gasteiger partial charge on any atom is 0.290 e. The highest BCUT2D eigenvalue weighted by Crippen LogP contribution is 2.22. The number of nitrogens with zero attached hydrogens (tertiary/aromatic N) is 6. The van der Waals surface area contributed by atoms with Gasteiger partial charge in [-0.2, -0.15) is 0 Å². The largest absolute Gasteiger partial charge is 0.369 e. The summed E-state index contributed by atoms with van der Waals surface area (Å²) in [5.41, 5.74) is 24.1. The molecule has 3 aromatic heterocycles. The van der Waals surface area contributed by atoms with E-state index in [-0.39, 0.29) is 42.1 Å². The van der Waals surface area contributed by atoms with Gasteiger partial charge < -0.3 is 47.7 Å². The fourth-order valence-corrected chi connectivity index (χ4v) is 4.55. The molecule has 0 saturated heterocycles. The lowest BCUT2D eigenvalue weighted by Gasteiger charge is -2.15. The third-order valence-electron chi connectivity index (χ3n) is 6.63. The predicted octanol–water partition coefficient (Wildman–Crippen LogP) is 0.651. The van der Waals surface area contributed by atoms with Gasteiger partial charge in [-0.15, -0.1) is 10.2 Å². The molecule has 0 aliphatic carbocycles. The summed E-state index contributed by atoms with van der Waals surface area (Å²) in [4.78, 5) is 54.8. The van der Waals surface area contributed by atoms with Gasteiger partial charge in [-0.05, 0) is 50.2 Å². The molecule has 0 aliphatic heterocycles. The van der Waals surface area contributed by atoms with Crippen molar-refractivity contribution in [2.24, 2.45) is 47.2 Å². The highest BCUT2D eigenvalue weighted by atomic mass is 16.2. The Morgan fingerprint density at radius 3 is 1.71 bits per heavy atom. The number of hydrogen-bond acceptors (Lipinski definition) is 6. The van der Waals surface area contributed by atoms with E-state index in [1.54, 1.807) is 73.7 Å². The van der Waals surface area contributed by atoms with E-state index < -0.39 is 23.6 Å². The molecule has 17 nitrogen and oxygen atoms in total. The second-order valence-electron chi connectivity index (χ2n) is 9.93. The number of amides is 4. The topological polar surface area (TPSA) is 253 Å². The van der Waals surface area contributed by atoms with Gasteiger partial charge >= 0.3 is 0 Å². The minimum Gasteiger partial charge on any atom is -0.369 e. The number of rotatable bonds is 10. The number of anilines is 2. The minimum absolute atomic E-state index is 0.238. The summed E-state index contributed by atoms with van der Waals surface area (Å²) < 4.78 is 3.10. The van der Waals surface area contributed by atoms with Gasteiger partial charge in [-0.1, -0.05) is 0 Å².